The third-order valence-corrected chi connectivity index (χ3v) is 4.86. The summed E-state index contributed by atoms with van der Waals surface area (Å²) in [6.45, 7) is 8.55. The molecule has 6 heteroatoms. The number of methoxy groups -OCH3 is 1. The van der Waals surface area contributed by atoms with E-state index in [1.807, 2.05) is 12.1 Å². The first kappa shape index (κ1) is 20.5. The van der Waals surface area contributed by atoms with E-state index < -0.39 is 0 Å². The minimum atomic E-state index is 0.111. The van der Waals surface area contributed by atoms with Crippen molar-refractivity contribution in [3.05, 3.63) is 53.7 Å². The van der Waals surface area contributed by atoms with Crippen LogP contribution < -0.4 is 20.9 Å². The van der Waals surface area contributed by atoms with Gasteiger partial charge in [-0.1, -0.05) is 52.0 Å². The lowest BCUT2D eigenvalue weighted by molar-refractivity contribution is 0.412. The van der Waals surface area contributed by atoms with Crippen molar-refractivity contribution < 1.29 is 9.47 Å². The van der Waals surface area contributed by atoms with Crippen molar-refractivity contribution in [1.82, 2.24) is 9.97 Å². The molecule has 0 atom stereocenters. The fraction of sp³-hybridized carbons (Fsp3) is 0.304. The summed E-state index contributed by atoms with van der Waals surface area (Å²) in [6, 6.07) is 12.5. The molecule has 0 saturated heterocycles. The molecule has 0 amide bonds. The number of rotatable bonds is 6. The number of aromatic nitrogens is 2. The quantitative estimate of drug-likeness (QED) is 0.586. The van der Waals surface area contributed by atoms with E-state index in [1.54, 1.807) is 7.11 Å². The Bertz CT molecular complexity index is 999. The largest absolute Gasteiger partial charge is 0.496 e. The molecular formula is C23H28N4O2. The predicted octanol–water partition coefficient (Wildman–Crippen LogP) is 5.36. The maximum atomic E-state index is 6.12. The lowest BCUT2D eigenvalue weighted by atomic mass is 9.94. The highest BCUT2D eigenvalue weighted by Crippen LogP contribution is 2.41. The Morgan fingerprint density at radius 2 is 1.55 bits per heavy atom. The first-order valence-corrected chi connectivity index (χ1v) is 9.68. The summed E-state index contributed by atoms with van der Waals surface area (Å²) < 4.78 is 11.8. The summed E-state index contributed by atoms with van der Waals surface area (Å²) in [5.74, 6) is 2.84. The van der Waals surface area contributed by atoms with Crippen LogP contribution in [-0.2, 0) is 0 Å². The van der Waals surface area contributed by atoms with Gasteiger partial charge in [-0.2, -0.15) is 4.98 Å². The molecule has 1 heterocycles. The standard InChI is InChI=1S/C23H28N4O2/c1-13(2)15-6-8-16(9-7-15)18-11-20(17(14(3)4)10-19(18)28-5)29-21-12-26-23(25)27-22(21)24/h6-14H,1-5H3,(H4,24,25,26,27). The van der Waals surface area contributed by atoms with Crippen LogP contribution >= 0.6 is 0 Å². The number of nitrogens with zero attached hydrogens (tertiary/aromatic N) is 2. The summed E-state index contributed by atoms with van der Waals surface area (Å²) >= 11 is 0. The minimum absolute atomic E-state index is 0.111. The number of hydrogen-bond acceptors (Lipinski definition) is 6. The van der Waals surface area contributed by atoms with Crippen LogP contribution in [0.25, 0.3) is 11.1 Å². The second kappa shape index (κ2) is 8.39. The van der Waals surface area contributed by atoms with Crippen LogP contribution in [0.3, 0.4) is 0 Å². The Hall–Kier alpha value is -3.28. The lowest BCUT2D eigenvalue weighted by Gasteiger charge is -2.19. The van der Waals surface area contributed by atoms with Gasteiger partial charge in [0.2, 0.25) is 5.95 Å². The van der Waals surface area contributed by atoms with E-state index in [4.69, 9.17) is 20.9 Å². The molecule has 6 nitrogen and oxygen atoms in total. The second-order valence-electron chi connectivity index (χ2n) is 7.60. The van der Waals surface area contributed by atoms with Crippen molar-refractivity contribution in [2.24, 2.45) is 0 Å². The van der Waals surface area contributed by atoms with Crippen molar-refractivity contribution in [2.45, 2.75) is 39.5 Å². The van der Waals surface area contributed by atoms with Crippen LogP contribution in [0.4, 0.5) is 11.8 Å². The van der Waals surface area contributed by atoms with Gasteiger partial charge in [0.25, 0.3) is 0 Å². The molecule has 0 aliphatic heterocycles. The highest BCUT2D eigenvalue weighted by molar-refractivity contribution is 5.74. The number of ether oxygens (including phenoxy) is 2. The van der Waals surface area contributed by atoms with Gasteiger partial charge in [0.05, 0.1) is 13.3 Å². The van der Waals surface area contributed by atoms with Gasteiger partial charge in [0, 0.05) is 11.1 Å². The van der Waals surface area contributed by atoms with Gasteiger partial charge in [-0.3, -0.25) is 0 Å². The Morgan fingerprint density at radius 3 is 2.10 bits per heavy atom. The minimum Gasteiger partial charge on any atom is -0.496 e. The van der Waals surface area contributed by atoms with Crippen molar-refractivity contribution in [1.29, 1.82) is 0 Å². The van der Waals surface area contributed by atoms with Crippen LogP contribution in [0.2, 0.25) is 0 Å². The Morgan fingerprint density at radius 1 is 0.862 bits per heavy atom. The van der Waals surface area contributed by atoms with Crippen molar-refractivity contribution in [3.8, 4) is 28.4 Å². The first-order valence-electron chi connectivity index (χ1n) is 9.68. The van der Waals surface area contributed by atoms with Crippen LogP contribution in [0.5, 0.6) is 17.2 Å². The molecule has 3 aromatic rings. The predicted molar refractivity (Wildman–Crippen MR) is 118 cm³/mol. The van der Waals surface area contributed by atoms with Crippen LogP contribution in [0, 0.1) is 0 Å². The van der Waals surface area contributed by atoms with E-state index in [1.165, 1.54) is 11.8 Å². The van der Waals surface area contributed by atoms with Gasteiger partial charge in [0.1, 0.15) is 11.5 Å². The van der Waals surface area contributed by atoms with E-state index in [0.717, 1.165) is 22.4 Å². The normalized spacial score (nSPS) is 11.1. The number of anilines is 2. The highest BCUT2D eigenvalue weighted by atomic mass is 16.5. The van der Waals surface area contributed by atoms with Crippen molar-refractivity contribution >= 4 is 11.8 Å². The van der Waals surface area contributed by atoms with E-state index in [-0.39, 0.29) is 17.7 Å². The number of hydrogen-bond donors (Lipinski definition) is 2. The topological polar surface area (TPSA) is 96.3 Å². The smallest absolute Gasteiger partial charge is 0.222 e. The molecule has 0 spiro atoms. The molecule has 0 aliphatic rings. The highest BCUT2D eigenvalue weighted by Gasteiger charge is 2.18. The average molecular weight is 393 g/mol. The summed E-state index contributed by atoms with van der Waals surface area (Å²) in [5, 5.41) is 0. The maximum Gasteiger partial charge on any atom is 0.222 e. The fourth-order valence-corrected chi connectivity index (χ4v) is 3.15. The maximum absolute atomic E-state index is 6.12. The molecule has 0 bridgehead atoms. The molecule has 3 rings (SSSR count). The third kappa shape index (κ3) is 4.42. The van der Waals surface area contributed by atoms with Crippen LogP contribution in [0.1, 0.15) is 50.7 Å². The summed E-state index contributed by atoms with van der Waals surface area (Å²) in [7, 11) is 1.68. The van der Waals surface area contributed by atoms with Crippen molar-refractivity contribution in [2.75, 3.05) is 18.6 Å². The Labute approximate surface area is 171 Å². The third-order valence-electron chi connectivity index (χ3n) is 4.86. The molecule has 1 aromatic heterocycles. The number of nitrogen functional groups attached to an aromatic ring is 2. The average Bonchev–Trinajstić information content (AvgIpc) is 2.69. The molecular weight excluding hydrogens is 364 g/mol. The summed E-state index contributed by atoms with van der Waals surface area (Å²) in [5.41, 5.74) is 15.8. The fourth-order valence-electron chi connectivity index (χ4n) is 3.15. The molecule has 4 N–H and O–H groups in total. The zero-order valence-electron chi connectivity index (χ0n) is 17.6. The van der Waals surface area contributed by atoms with E-state index in [2.05, 4.69) is 61.9 Å². The van der Waals surface area contributed by atoms with Gasteiger partial charge in [-0.25, -0.2) is 4.98 Å². The first-order chi connectivity index (χ1) is 13.8. The summed E-state index contributed by atoms with van der Waals surface area (Å²) in [4.78, 5) is 7.97. The molecule has 0 saturated carbocycles. The molecule has 152 valence electrons. The zero-order valence-corrected chi connectivity index (χ0v) is 17.6. The number of nitrogens with two attached hydrogens (primary N) is 2. The molecule has 0 fully saturated rings. The van der Waals surface area contributed by atoms with Gasteiger partial charge >= 0.3 is 0 Å². The van der Waals surface area contributed by atoms with Gasteiger partial charge in [-0.15, -0.1) is 0 Å². The summed E-state index contributed by atoms with van der Waals surface area (Å²) in [6.07, 6.45) is 1.49. The Balaban J connectivity index is 2.10. The molecule has 29 heavy (non-hydrogen) atoms. The monoisotopic (exact) mass is 392 g/mol. The Kier molecular flexibility index (Phi) is 5.92. The van der Waals surface area contributed by atoms with Gasteiger partial charge in [0.15, 0.2) is 11.6 Å². The van der Waals surface area contributed by atoms with Gasteiger partial charge in [-0.05, 0) is 35.1 Å². The van der Waals surface area contributed by atoms with E-state index in [9.17, 15) is 0 Å². The van der Waals surface area contributed by atoms with E-state index in [0.29, 0.717) is 17.4 Å². The van der Waals surface area contributed by atoms with Crippen LogP contribution in [-0.4, -0.2) is 17.1 Å². The SMILES string of the molecule is COc1cc(C(C)C)c(Oc2cnc(N)nc2N)cc1-c1ccc(C(C)C)cc1. The lowest BCUT2D eigenvalue weighted by Crippen LogP contribution is -2.03. The number of benzene rings is 2. The molecule has 0 unspecified atom stereocenters. The second-order valence-corrected chi connectivity index (χ2v) is 7.60. The van der Waals surface area contributed by atoms with Crippen LogP contribution in [0.15, 0.2) is 42.6 Å². The molecule has 2 aromatic carbocycles. The molecule has 0 aliphatic carbocycles. The van der Waals surface area contributed by atoms with Gasteiger partial charge < -0.3 is 20.9 Å². The van der Waals surface area contributed by atoms with Crippen molar-refractivity contribution in [3.63, 3.8) is 0 Å². The van der Waals surface area contributed by atoms with E-state index >= 15 is 0 Å². The molecule has 0 radical (unpaired) electrons. The zero-order chi connectivity index (χ0) is 21.1.